The van der Waals surface area contributed by atoms with Gasteiger partial charge in [0.05, 0.1) is 4.88 Å². The predicted octanol–water partition coefficient (Wildman–Crippen LogP) is 2.90. The molecule has 5 heteroatoms. The molecule has 0 aliphatic rings. The highest BCUT2D eigenvalue weighted by atomic mass is 32.1. The summed E-state index contributed by atoms with van der Waals surface area (Å²) in [7, 11) is 0. The maximum absolute atomic E-state index is 12.1. The van der Waals surface area contributed by atoms with Crippen LogP contribution in [0.5, 0.6) is 0 Å². The highest BCUT2D eigenvalue weighted by Gasteiger charge is 2.17. The third kappa shape index (κ3) is 3.38. The molecule has 1 N–H and O–H groups in total. The van der Waals surface area contributed by atoms with Gasteiger partial charge in [-0.1, -0.05) is 48.2 Å². The van der Waals surface area contributed by atoms with E-state index in [1.54, 1.807) is 0 Å². The topological polar surface area (TPSA) is 54.9 Å². The first-order valence-corrected chi connectivity index (χ1v) is 7.03. The van der Waals surface area contributed by atoms with Crippen LogP contribution in [-0.4, -0.2) is 22.0 Å². The normalized spacial score (nSPS) is 10.7. The SMILES string of the molecule is Cc1ccc(-c2snnc2C(=O)NCC(C)C)cc1. The van der Waals surface area contributed by atoms with Crippen molar-refractivity contribution in [2.45, 2.75) is 20.8 Å². The summed E-state index contributed by atoms with van der Waals surface area (Å²) in [5.41, 5.74) is 2.58. The molecule has 4 nitrogen and oxygen atoms in total. The molecule has 2 rings (SSSR count). The Balaban J connectivity index is 2.22. The summed E-state index contributed by atoms with van der Waals surface area (Å²) in [6.45, 7) is 6.79. The fourth-order valence-corrected chi connectivity index (χ4v) is 2.28. The lowest BCUT2D eigenvalue weighted by atomic mass is 10.1. The minimum absolute atomic E-state index is 0.155. The van der Waals surface area contributed by atoms with Crippen molar-refractivity contribution in [1.82, 2.24) is 14.9 Å². The van der Waals surface area contributed by atoms with Crippen LogP contribution in [-0.2, 0) is 0 Å². The standard InChI is InChI=1S/C14H17N3OS/c1-9(2)8-15-14(18)12-13(19-17-16-12)11-6-4-10(3)5-7-11/h4-7,9H,8H2,1-3H3,(H,15,18). The Labute approximate surface area is 117 Å². The number of nitrogens with zero attached hydrogens (tertiary/aromatic N) is 2. The van der Waals surface area contributed by atoms with Crippen molar-refractivity contribution in [2.75, 3.05) is 6.54 Å². The van der Waals surface area contributed by atoms with Gasteiger partial charge in [-0.15, -0.1) is 5.10 Å². The molecule has 0 radical (unpaired) electrons. The summed E-state index contributed by atoms with van der Waals surface area (Å²) >= 11 is 1.25. The van der Waals surface area contributed by atoms with Crippen LogP contribution >= 0.6 is 11.5 Å². The highest BCUT2D eigenvalue weighted by Crippen LogP contribution is 2.26. The number of hydrogen-bond donors (Lipinski definition) is 1. The maximum Gasteiger partial charge on any atom is 0.273 e. The quantitative estimate of drug-likeness (QED) is 0.933. The van der Waals surface area contributed by atoms with Crippen molar-refractivity contribution in [3.05, 3.63) is 35.5 Å². The lowest BCUT2D eigenvalue weighted by Crippen LogP contribution is -2.28. The number of carbonyl (C=O) groups excluding carboxylic acids is 1. The van der Waals surface area contributed by atoms with Gasteiger partial charge in [-0.2, -0.15) is 0 Å². The van der Waals surface area contributed by atoms with Gasteiger partial charge >= 0.3 is 0 Å². The second kappa shape index (κ2) is 5.93. The number of hydrogen-bond acceptors (Lipinski definition) is 4. The Morgan fingerprint density at radius 1 is 1.32 bits per heavy atom. The molecule has 0 saturated carbocycles. The molecule has 0 aliphatic carbocycles. The first kappa shape index (κ1) is 13.7. The third-order valence-corrected chi connectivity index (χ3v) is 3.46. The number of amides is 1. The van der Waals surface area contributed by atoms with E-state index in [-0.39, 0.29) is 5.91 Å². The molecule has 0 atom stereocenters. The molecule has 0 aliphatic heterocycles. The average Bonchev–Trinajstić information content (AvgIpc) is 2.86. The van der Waals surface area contributed by atoms with E-state index in [0.717, 1.165) is 10.4 Å². The number of aromatic nitrogens is 2. The van der Waals surface area contributed by atoms with Crippen molar-refractivity contribution >= 4 is 17.4 Å². The zero-order chi connectivity index (χ0) is 13.8. The van der Waals surface area contributed by atoms with Gasteiger partial charge in [0.25, 0.3) is 5.91 Å². The minimum atomic E-state index is -0.155. The lowest BCUT2D eigenvalue weighted by molar-refractivity contribution is 0.0944. The Kier molecular flexibility index (Phi) is 4.27. The van der Waals surface area contributed by atoms with Crippen molar-refractivity contribution < 1.29 is 4.79 Å². The molecule has 100 valence electrons. The lowest BCUT2D eigenvalue weighted by Gasteiger charge is -2.06. The van der Waals surface area contributed by atoms with Crippen LogP contribution in [0.2, 0.25) is 0 Å². The molecule has 1 heterocycles. The van der Waals surface area contributed by atoms with Gasteiger partial charge in [0, 0.05) is 6.54 Å². The summed E-state index contributed by atoms with van der Waals surface area (Å²) < 4.78 is 3.90. The Bertz CT molecular complexity index is 560. The minimum Gasteiger partial charge on any atom is -0.350 e. The van der Waals surface area contributed by atoms with Gasteiger partial charge in [-0.05, 0) is 29.9 Å². The van der Waals surface area contributed by atoms with Crippen LogP contribution in [0, 0.1) is 12.8 Å². The second-order valence-electron chi connectivity index (χ2n) is 4.92. The predicted molar refractivity (Wildman–Crippen MR) is 77.3 cm³/mol. The second-order valence-corrected chi connectivity index (χ2v) is 5.67. The molecule has 0 spiro atoms. The molecule has 19 heavy (non-hydrogen) atoms. The number of nitrogens with one attached hydrogen (secondary N) is 1. The van der Waals surface area contributed by atoms with Crippen LogP contribution in [0.3, 0.4) is 0 Å². The van der Waals surface area contributed by atoms with Crippen molar-refractivity contribution in [3.8, 4) is 10.4 Å². The fourth-order valence-electron chi connectivity index (χ4n) is 1.61. The van der Waals surface area contributed by atoms with Crippen molar-refractivity contribution in [3.63, 3.8) is 0 Å². The number of rotatable bonds is 4. The number of carbonyl (C=O) groups is 1. The Morgan fingerprint density at radius 2 is 2.00 bits per heavy atom. The average molecular weight is 275 g/mol. The number of benzene rings is 1. The molecule has 0 saturated heterocycles. The van der Waals surface area contributed by atoms with Gasteiger partial charge in [-0.25, -0.2) is 0 Å². The van der Waals surface area contributed by atoms with Gasteiger partial charge < -0.3 is 5.32 Å². The van der Waals surface area contributed by atoms with Crippen LogP contribution in [0.4, 0.5) is 0 Å². The molecule has 0 bridgehead atoms. The molecular weight excluding hydrogens is 258 g/mol. The van der Waals surface area contributed by atoms with Crippen LogP contribution in [0.1, 0.15) is 29.9 Å². The highest BCUT2D eigenvalue weighted by molar-refractivity contribution is 7.09. The monoisotopic (exact) mass is 275 g/mol. The van der Waals surface area contributed by atoms with E-state index in [1.165, 1.54) is 17.1 Å². The summed E-state index contributed by atoms with van der Waals surface area (Å²) in [6, 6.07) is 8.02. The van der Waals surface area contributed by atoms with E-state index in [4.69, 9.17) is 0 Å². The van der Waals surface area contributed by atoms with E-state index in [9.17, 15) is 4.79 Å². The molecule has 1 aromatic heterocycles. The first-order chi connectivity index (χ1) is 9.08. The smallest absolute Gasteiger partial charge is 0.273 e. The Hall–Kier alpha value is -1.75. The zero-order valence-electron chi connectivity index (χ0n) is 11.3. The van der Waals surface area contributed by atoms with Crippen LogP contribution < -0.4 is 5.32 Å². The van der Waals surface area contributed by atoms with Crippen LogP contribution in [0.25, 0.3) is 10.4 Å². The molecule has 0 fully saturated rings. The summed E-state index contributed by atoms with van der Waals surface area (Å²) in [5.74, 6) is 0.261. The third-order valence-electron chi connectivity index (χ3n) is 2.69. The van der Waals surface area contributed by atoms with Gasteiger partial charge in [0.2, 0.25) is 0 Å². The van der Waals surface area contributed by atoms with Crippen molar-refractivity contribution in [2.24, 2.45) is 5.92 Å². The summed E-state index contributed by atoms with van der Waals surface area (Å²) in [4.78, 5) is 12.9. The largest absolute Gasteiger partial charge is 0.350 e. The molecule has 2 aromatic rings. The molecule has 1 aromatic carbocycles. The summed E-state index contributed by atoms with van der Waals surface area (Å²) in [5, 5.41) is 6.82. The van der Waals surface area contributed by atoms with E-state index in [0.29, 0.717) is 18.2 Å². The van der Waals surface area contributed by atoms with E-state index in [1.807, 2.05) is 31.2 Å². The van der Waals surface area contributed by atoms with E-state index < -0.39 is 0 Å². The fraction of sp³-hybridized carbons (Fsp3) is 0.357. The van der Waals surface area contributed by atoms with Gasteiger partial charge in [-0.3, -0.25) is 4.79 Å². The molecule has 1 amide bonds. The van der Waals surface area contributed by atoms with Crippen molar-refractivity contribution in [1.29, 1.82) is 0 Å². The van der Waals surface area contributed by atoms with E-state index >= 15 is 0 Å². The maximum atomic E-state index is 12.1. The number of aryl methyl sites for hydroxylation is 1. The summed E-state index contributed by atoms with van der Waals surface area (Å²) in [6.07, 6.45) is 0. The first-order valence-electron chi connectivity index (χ1n) is 6.25. The van der Waals surface area contributed by atoms with Gasteiger partial charge in [0.15, 0.2) is 5.69 Å². The Morgan fingerprint density at radius 3 is 2.63 bits per heavy atom. The zero-order valence-corrected chi connectivity index (χ0v) is 12.1. The molecular formula is C14H17N3OS. The van der Waals surface area contributed by atoms with Gasteiger partial charge in [0.1, 0.15) is 0 Å². The van der Waals surface area contributed by atoms with E-state index in [2.05, 4.69) is 28.8 Å². The van der Waals surface area contributed by atoms with Crippen LogP contribution in [0.15, 0.2) is 24.3 Å². The molecule has 0 unspecified atom stereocenters.